The number of hydrogen-bond donors (Lipinski definition) is 0. The second-order valence-corrected chi connectivity index (χ2v) is 8.29. The van der Waals surface area contributed by atoms with Crippen molar-refractivity contribution in [2.45, 2.75) is 32.9 Å². The van der Waals surface area contributed by atoms with E-state index < -0.39 is 5.97 Å². The second kappa shape index (κ2) is 8.47. The summed E-state index contributed by atoms with van der Waals surface area (Å²) in [5, 5.41) is 0.720. The number of rotatable bonds is 6. The zero-order valence-corrected chi connectivity index (χ0v) is 18.3. The van der Waals surface area contributed by atoms with Crippen molar-refractivity contribution in [3.05, 3.63) is 64.6 Å². The van der Waals surface area contributed by atoms with Gasteiger partial charge in [-0.3, -0.25) is 14.5 Å². The molecule has 160 valence electrons. The highest BCUT2D eigenvalue weighted by Gasteiger charge is 2.37. The van der Waals surface area contributed by atoms with Gasteiger partial charge in [-0.1, -0.05) is 25.1 Å². The number of ether oxygens (including phenoxy) is 1. The van der Waals surface area contributed by atoms with E-state index in [9.17, 15) is 14.4 Å². The van der Waals surface area contributed by atoms with Crippen molar-refractivity contribution >= 4 is 45.9 Å². The van der Waals surface area contributed by atoms with E-state index in [0.717, 1.165) is 28.2 Å². The maximum absolute atomic E-state index is 12.8. The van der Waals surface area contributed by atoms with Crippen molar-refractivity contribution in [1.82, 2.24) is 9.47 Å². The zero-order valence-electron chi connectivity index (χ0n) is 17.5. The van der Waals surface area contributed by atoms with Gasteiger partial charge in [-0.25, -0.2) is 4.79 Å². The number of hydrogen-bond acceptors (Lipinski definition) is 6. The van der Waals surface area contributed by atoms with E-state index in [1.165, 1.54) is 12.0 Å². The Hall–Kier alpha value is -3.26. The lowest BCUT2D eigenvalue weighted by Gasteiger charge is -2.19. The average Bonchev–Trinajstić information content (AvgIpc) is 3.45. The van der Waals surface area contributed by atoms with Crippen LogP contribution in [0.4, 0.5) is 4.79 Å². The molecular formula is C23H22N2O5S. The molecule has 8 heteroatoms. The van der Waals surface area contributed by atoms with Crippen molar-refractivity contribution < 1.29 is 23.5 Å². The summed E-state index contributed by atoms with van der Waals surface area (Å²) in [6, 6.07) is 11.0. The van der Waals surface area contributed by atoms with Gasteiger partial charge in [0.25, 0.3) is 11.1 Å². The SMILES string of the molecule is CC[C@@H](C)N1C(=O)S/C(=C/c2cn(Cc3ccc(C(=O)OC)o3)c3ccccc23)C1=O. The van der Waals surface area contributed by atoms with Gasteiger partial charge in [0.15, 0.2) is 0 Å². The lowest BCUT2D eigenvalue weighted by Crippen LogP contribution is -2.36. The molecule has 1 aliphatic rings. The fraction of sp³-hybridized carbons (Fsp3) is 0.261. The lowest BCUT2D eigenvalue weighted by molar-refractivity contribution is -0.124. The van der Waals surface area contributed by atoms with E-state index in [1.807, 2.05) is 48.9 Å². The number of aromatic nitrogens is 1. The van der Waals surface area contributed by atoms with Gasteiger partial charge in [0.05, 0.1) is 18.6 Å². The van der Waals surface area contributed by atoms with Crippen molar-refractivity contribution in [2.75, 3.05) is 7.11 Å². The molecular weight excluding hydrogens is 416 g/mol. The fourth-order valence-corrected chi connectivity index (χ4v) is 4.47. The Morgan fingerprint density at radius 3 is 2.74 bits per heavy atom. The molecule has 3 heterocycles. The predicted octanol–water partition coefficient (Wildman–Crippen LogP) is 4.90. The molecule has 0 radical (unpaired) electrons. The first-order chi connectivity index (χ1) is 14.9. The molecule has 0 bridgehead atoms. The van der Waals surface area contributed by atoms with Crippen LogP contribution in [0.1, 0.15) is 42.1 Å². The average molecular weight is 439 g/mol. The molecule has 1 aromatic carbocycles. The standard InChI is InChI=1S/C23H22N2O5S/c1-4-14(2)25-21(26)20(31-23(25)28)11-15-12-24(18-8-6-5-7-17(15)18)13-16-9-10-19(30-16)22(27)29-3/h5-12,14H,4,13H2,1-3H3/b20-11+/t14-/m1/s1. The summed E-state index contributed by atoms with van der Waals surface area (Å²) >= 11 is 0.971. The number of carbonyl (C=O) groups excluding carboxylic acids is 3. The second-order valence-electron chi connectivity index (χ2n) is 7.30. The van der Waals surface area contributed by atoms with E-state index in [2.05, 4.69) is 4.74 Å². The summed E-state index contributed by atoms with van der Waals surface area (Å²) in [6.07, 6.45) is 4.40. The molecule has 0 N–H and O–H groups in total. The highest BCUT2D eigenvalue weighted by Crippen LogP contribution is 2.35. The molecule has 2 aromatic heterocycles. The molecule has 1 fully saturated rings. The fourth-order valence-electron chi connectivity index (χ4n) is 3.55. The summed E-state index contributed by atoms with van der Waals surface area (Å²) in [4.78, 5) is 38.5. The largest absolute Gasteiger partial charge is 0.463 e. The monoisotopic (exact) mass is 438 g/mol. The van der Waals surface area contributed by atoms with E-state index >= 15 is 0 Å². The van der Waals surface area contributed by atoms with Gasteiger partial charge >= 0.3 is 5.97 Å². The number of furan rings is 1. The van der Waals surface area contributed by atoms with Crippen LogP contribution in [-0.4, -0.2) is 39.7 Å². The quantitative estimate of drug-likeness (QED) is 0.402. The van der Waals surface area contributed by atoms with E-state index in [4.69, 9.17) is 4.42 Å². The first kappa shape index (κ1) is 21.0. The van der Waals surface area contributed by atoms with Crippen LogP contribution >= 0.6 is 11.8 Å². The Bertz CT molecular complexity index is 1210. The number of esters is 1. The molecule has 1 aliphatic heterocycles. The van der Waals surface area contributed by atoms with Crippen molar-refractivity contribution in [3.8, 4) is 0 Å². The number of nitrogens with zero attached hydrogens (tertiary/aromatic N) is 2. The van der Waals surface area contributed by atoms with Crippen LogP contribution in [0.15, 0.2) is 51.9 Å². The van der Waals surface area contributed by atoms with Crippen molar-refractivity contribution in [3.63, 3.8) is 0 Å². The van der Waals surface area contributed by atoms with Crippen LogP contribution in [0.3, 0.4) is 0 Å². The Morgan fingerprint density at radius 1 is 1.23 bits per heavy atom. The van der Waals surface area contributed by atoms with Gasteiger partial charge in [0.1, 0.15) is 5.76 Å². The molecule has 7 nitrogen and oxygen atoms in total. The van der Waals surface area contributed by atoms with Crippen LogP contribution in [0, 0.1) is 0 Å². The van der Waals surface area contributed by atoms with Crippen LogP contribution < -0.4 is 0 Å². The van der Waals surface area contributed by atoms with Gasteiger partial charge < -0.3 is 13.7 Å². The number of para-hydroxylation sites is 1. The predicted molar refractivity (Wildman–Crippen MR) is 119 cm³/mol. The topological polar surface area (TPSA) is 81.8 Å². The number of benzene rings is 1. The van der Waals surface area contributed by atoms with Gasteiger partial charge in [-0.15, -0.1) is 0 Å². The first-order valence-corrected chi connectivity index (χ1v) is 10.8. The third-order valence-electron chi connectivity index (χ3n) is 5.34. The Kier molecular flexibility index (Phi) is 5.73. The molecule has 0 saturated carbocycles. The number of carbonyl (C=O) groups is 3. The molecule has 1 saturated heterocycles. The van der Waals surface area contributed by atoms with Gasteiger partial charge in [0, 0.05) is 28.7 Å². The van der Waals surface area contributed by atoms with E-state index in [1.54, 1.807) is 18.2 Å². The molecule has 3 aromatic rings. The molecule has 31 heavy (non-hydrogen) atoms. The molecule has 2 amide bonds. The number of methoxy groups -OCH3 is 1. The van der Waals surface area contributed by atoms with Crippen molar-refractivity contribution in [2.24, 2.45) is 0 Å². The van der Waals surface area contributed by atoms with E-state index in [-0.39, 0.29) is 22.9 Å². The highest BCUT2D eigenvalue weighted by atomic mass is 32.2. The molecule has 4 rings (SSSR count). The minimum atomic E-state index is -0.527. The maximum atomic E-state index is 12.8. The van der Waals surface area contributed by atoms with E-state index in [0.29, 0.717) is 23.6 Å². The van der Waals surface area contributed by atoms with Crippen LogP contribution in [0.2, 0.25) is 0 Å². The highest BCUT2D eigenvalue weighted by molar-refractivity contribution is 8.18. The Balaban J connectivity index is 1.68. The van der Waals surface area contributed by atoms with Gasteiger partial charge in [-0.2, -0.15) is 0 Å². The minimum Gasteiger partial charge on any atom is -0.463 e. The lowest BCUT2D eigenvalue weighted by atomic mass is 10.1. The molecule has 0 spiro atoms. The number of thioether (sulfide) groups is 1. The summed E-state index contributed by atoms with van der Waals surface area (Å²) < 4.78 is 12.3. The Labute approximate surface area is 183 Å². The van der Waals surface area contributed by atoms with Crippen molar-refractivity contribution in [1.29, 1.82) is 0 Å². The smallest absolute Gasteiger partial charge is 0.373 e. The third-order valence-corrected chi connectivity index (χ3v) is 6.22. The molecule has 0 unspecified atom stereocenters. The third kappa shape index (κ3) is 3.90. The minimum absolute atomic E-state index is 0.136. The number of fused-ring (bicyclic) bond motifs is 1. The van der Waals surface area contributed by atoms with Gasteiger partial charge in [0.2, 0.25) is 5.76 Å². The molecule has 1 atom stereocenters. The number of amides is 2. The summed E-state index contributed by atoms with van der Waals surface area (Å²) in [5.41, 5.74) is 1.79. The number of imide groups is 1. The zero-order chi connectivity index (χ0) is 22.1. The summed E-state index contributed by atoms with van der Waals surface area (Å²) in [5.74, 6) is -0.0334. The summed E-state index contributed by atoms with van der Waals surface area (Å²) in [7, 11) is 1.30. The maximum Gasteiger partial charge on any atom is 0.373 e. The first-order valence-electron chi connectivity index (χ1n) is 9.95. The Morgan fingerprint density at radius 2 is 2.00 bits per heavy atom. The molecule has 0 aliphatic carbocycles. The summed E-state index contributed by atoms with van der Waals surface area (Å²) in [6.45, 7) is 4.22. The van der Waals surface area contributed by atoms with Crippen LogP contribution in [0.5, 0.6) is 0 Å². The van der Waals surface area contributed by atoms with Gasteiger partial charge in [-0.05, 0) is 49.4 Å². The normalized spacial score (nSPS) is 16.5. The van der Waals surface area contributed by atoms with Crippen LogP contribution in [-0.2, 0) is 16.1 Å². The van der Waals surface area contributed by atoms with Crippen LogP contribution in [0.25, 0.3) is 17.0 Å².